The van der Waals surface area contributed by atoms with Crippen molar-refractivity contribution in [3.05, 3.63) is 0 Å². The van der Waals surface area contributed by atoms with Gasteiger partial charge in [-0.3, -0.25) is 29.0 Å². The maximum atomic E-state index is 13.4. The van der Waals surface area contributed by atoms with Crippen molar-refractivity contribution in [3.8, 4) is 0 Å². The van der Waals surface area contributed by atoms with Gasteiger partial charge in [-0.15, -0.1) is 0 Å². The fourth-order valence-electron chi connectivity index (χ4n) is 7.35. The van der Waals surface area contributed by atoms with Crippen molar-refractivity contribution in [1.82, 2.24) is 9.80 Å². The summed E-state index contributed by atoms with van der Waals surface area (Å²) < 4.78 is 0. The van der Waals surface area contributed by atoms with Gasteiger partial charge in [-0.2, -0.15) is 0 Å². The first-order valence-electron chi connectivity index (χ1n) is 12.9. The number of hydrogen-bond acceptors (Lipinski definition) is 4. The van der Waals surface area contributed by atoms with Gasteiger partial charge in [0.1, 0.15) is 0 Å². The molecule has 1 aliphatic heterocycles. The lowest BCUT2D eigenvalue weighted by Crippen LogP contribution is -2.49. The van der Waals surface area contributed by atoms with Crippen molar-refractivity contribution >= 4 is 23.6 Å². The summed E-state index contributed by atoms with van der Waals surface area (Å²) in [4.78, 5) is 53.4. The maximum absolute atomic E-state index is 13.4. The number of fused-ring (bicyclic) bond motifs is 1. The Kier molecular flexibility index (Phi) is 6.78. The van der Waals surface area contributed by atoms with Crippen LogP contribution in [-0.4, -0.2) is 45.5 Å². The molecule has 0 N–H and O–H groups in total. The Morgan fingerprint density at radius 1 is 0.719 bits per heavy atom. The first-order valence-corrected chi connectivity index (χ1v) is 12.9. The second kappa shape index (κ2) is 9.26. The normalized spacial score (nSPS) is 40.2. The van der Waals surface area contributed by atoms with Crippen molar-refractivity contribution in [2.75, 3.05) is 0 Å². The molecule has 4 fully saturated rings. The van der Waals surface area contributed by atoms with Crippen LogP contribution in [0.15, 0.2) is 0 Å². The third kappa shape index (κ3) is 4.26. The third-order valence-corrected chi connectivity index (χ3v) is 9.38. The van der Waals surface area contributed by atoms with Crippen LogP contribution in [0, 0.1) is 35.5 Å². The quantitative estimate of drug-likeness (QED) is 0.613. The van der Waals surface area contributed by atoms with E-state index in [1.807, 2.05) is 0 Å². The van der Waals surface area contributed by atoms with E-state index >= 15 is 0 Å². The van der Waals surface area contributed by atoms with Crippen molar-refractivity contribution in [2.45, 2.75) is 104 Å². The largest absolute Gasteiger partial charge is 0.280 e. The van der Waals surface area contributed by atoms with Crippen molar-refractivity contribution in [1.29, 1.82) is 0 Å². The van der Waals surface area contributed by atoms with E-state index < -0.39 is 0 Å². The van der Waals surface area contributed by atoms with Crippen LogP contribution < -0.4 is 0 Å². The molecule has 0 aromatic rings. The van der Waals surface area contributed by atoms with E-state index in [4.69, 9.17) is 0 Å². The third-order valence-electron chi connectivity index (χ3n) is 9.38. The van der Waals surface area contributed by atoms with Gasteiger partial charge < -0.3 is 0 Å². The van der Waals surface area contributed by atoms with Gasteiger partial charge in [-0.05, 0) is 81.5 Å². The maximum Gasteiger partial charge on any atom is 0.233 e. The van der Waals surface area contributed by atoms with E-state index in [1.165, 1.54) is 38.0 Å². The molecule has 6 unspecified atom stereocenters. The van der Waals surface area contributed by atoms with Gasteiger partial charge in [0.05, 0.1) is 11.8 Å². The predicted octanol–water partition coefficient (Wildman–Crippen LogP) is 4.17. The van der Waals surface area contributed by atoms with Crippen LogP contribution in [-0.2, 0) is 19.2 Å². The van der Waals surface area contributed by atoms with Gasteiger partial charge in [-0.25, -0.2) is 0 Å². The van der Waals surface area contributed by atoms with Gasteiger partial charge in [0.25, 0.3) is 0 Å². The number of nitrogens with zero attached hydrogens (tertiary/aromatic N) is 2. The summed E-state index contributed by atoms with van der Waals surface area (Å²) >= 11 is 0. The van der Waals surface area contributed by atoms with Crippen LogP contribution in [0.4, 0.5) is 0 Å². The topological polar surface area (TPSA) is 74.8 Å². The second-order valence-electron chi connectivity index (χ2n) is 11.2. The van der Waals surface area contributed by atoms with E-state index in [9.17, 15) is 19.2 Å². The average Bonchev–Trinajstić information content (AvgIpc) is 3.00. The van der Waals surface area contributed by atoms with Gasteiger partial charge in [0, 0.05) is 25.9 Å². The van der Waals surface area contributed by atoms with Crippen molar-refractivity contribution in [3.63, 3.8) is 0 Å². The Labute approximate surface area is 192 Å². The van der Waals surface area contributed by atoms with E-state index in [-0.39, 0.29) is 47.5 Å². The molecule has 4 rings (SSSR count). The molecule has 178 valence electrons. The number of hydrogen-bond donors (Lipinski definition) is 0. The molecule has 0 bridgehead atoms. The molecule has 6 heteroatoms. The van der Waals surface area contributed by atoms with Gasteiger partial charge in [0.15, 0.2) is 0 Å². The number of imide groups is 2. The summed E-state index contributed by atoms with van der Waals surface area (Å²) in [5, 5.41) is 0. The van der Waals surface area contributed by atoms with E-state index in [1.54, 1.807) is 4.90 Å². The van der Waals surface area contributed by atoms with Crippen LogP contribution in [0.1, 0.15) is 91.9 Å². The predicted molar refractivity (Wildman–Crippen MR) is 121 cm³/mol. The minimum absolute atomic E-state index is 0.0440. The highest BCUT2D eigenvalue weighted by atomic mass is 16.2. The minimum Gasteiger partial charge on any atom is -0.280 e. The van der Waals surface area contributed by atoms with Crippen LogP contribution in [0.3, 0.4) is 0 Å². The molecule has 3 saturated carbocycles. The molecule has 1 saturated heterocycles. The Bertz CT molecular complexity index is 758. The molecule has 32 heavy (non-hydrogen) atoms. The van der Waals surface area contributed by atoms with E-state index in [0.29, 0.717) is 37.5 Å². The van der Waals surface area contributed by atoms with Crippen LogP contribution in [0.2, 0.25) is 0 Å². The number of likely N-dealkylation sites (tertiary alicyclic amines) is 1. The van der Waals surface area contributed by atoms with Crippen LogP contribution >= 0.6 is 0 Å². The second-order valence-corrected chi connectivity index (χ2v) is 11.2. The Morgan fingerprint density at radius 3 is 1.88 bits per heavy atom. The molecule has 4 aliphatic rings. The summed E-state index contributed by atoms with van der Waals surface area (Å²) in [5.74, 6) is 2.24. The highest BCUT2D eigenvalue weighted by Gasteiger charge is 2.53. The Morgan fingerprint density at radius 2 is 1.28 bits per heavy atom. The van der Waals surface area contributed by atoms with Crippen molar-refractivity contribution in [2.24, 2.45) is 35.5 Å². The summed E-state index contributed by atoms with van der Waals surface area (Å²) in [6.45, 7) is 7.57. The SMILES string of the molecule is CC(=O)N(C(C)=O)C1CCC(N2C(=O)C3CCC(C4CCC(C)C(C)C4)CC3C2=O)CC1. The summed E-state index contributed by atoms with van der Waals surface area (Å²) in [5.41, 5.74) is 0. The lowest BCUT2D eigenvalue weighted by Gasteiger charge is -2.40. The molecule has 4 amide bonds. The van der Waals surface area contributed by atoms with E-state index in [2.05, 4.69) is 13.8 Å². The number of carbonyl (C=O) groups excluding carboxylic acids is 4. The number of carbonyl (C=O) groups is 4. The Balaban J connectivity index is 1.38. The minimum atomic E-state index is -0.224. The first kappa shape index (κ1) is 23.4. The van der Waals surface area contributed by atoms with E-state index in [0.717, 1.165) is 31.1 Å². The summed E-state index contributed by atoms with van der Waals surface area (Å²) in [6, 6.07) is -0.192. The zero-order chi connectivity index (χ0) is 23.2. The molecular formula is C26H40N2O4. The Hall–Kier alpha value is -1.72. The molecule has 0 radical (unpaired) electrons. The highest BCUT2D eigenvalue weighted by Crippen LogP contribution is 2.48. The lowest BCUT2D eigenvalue weighted by molar-refractivity contribution is -0.149. The fraction of sp³-hybridized carbons (Fsp3) is 0.846. The van der Waals surface area contributed by atoms with Crippen LogP contribution in [0.25, 0.3) is 0 Å². The molecule has 6 atom stereocenters. The highest BCUT2D eigenvalue weighted by molar-refractivity contribution is 6.05. The van der Waals surface area contributed by atoms with Crippen LogP contribution in [0.5, 0.6) is 0 Å². The number of rotatable bonds is 3. The fourth-order valence-corrected chi connectivity index (χ4v) is 7.35. The smallest absolute Gasteiger partial charge is 0.233 e. The van der Waals surface area contributed by atoms with Crippen molar-refractivity contribution < 1.29 is 19.2 Å². The average molecular weight is 445 g/mol. The monoisotopic (exact) mass is 444 g/mol. The van der Waals surface area contributed by atoms with Gasteiger partial charge >= 0.3 is 0 Å². The molecule has 0 spiro atoms. The molecule has 0 aromatic carbocycles. The molecule has 0 aromatic heterocycles. The molecule has 3 aliphatic carbocycles. The number of amides is 4. The van der Waals surface area contributed by atoms with Gasteiger partial charge in [0.2, 0.25) is 23.6 Å². The zero-order valence-corrected chi connectivity index (χ0v) is 20.2. The zero-order valence-electron chi connectivity index (χ0n) is 20.2. The molecular weight excluding hydrogens is 404 g/mol. The summed E-state index contributed by atoms with van der Waals surface area (Å²) in [6.07, 6.45) is 9.33. The lowest BCUT2D eigenvalue weighted by atomic mass is 9.64. The molecule has 1 heterocycles. The molecule has 6 nitrogen and oxygen atoms in total. The standard InChI is InChI=1S/C26H40N2O4/c1-15-5-6-19(13-16(15)2)20-7-12-23-24(14-20)26(32)28(25(23)31)22-10-8-21(9-11-22)27(17(3)29)18(4)30/h15-16,19-24H,5-14H2,1-4H3. The summed E-state index contributed by atoms with van der Waals surface area (Å²) in [7, 11) is 0. The first-order chi connectivity index (χ1) is 15.2. The van der Waals surface area contributed by atoms with Gasteiger partial charge in [-0.1, -0.05) is 20.3 Å².